The lowest BCUT2D eigenvalue weighted by Gasteiger charge is -2.03. The van der Waals surface area contributed by atoms with Crippen molar-refractivity contribution >= 4 is 5.91 Å². The number of nitrogens with zero attached hydrogens (tertiary/aromatic N) is 3. The second-order valence-electron chi connectivity index (χ2n) is 3.81. The van der Waals surface area contributed by atoms with Gasteiger partial charge in [0.25, 0.3) is 5.91 Å². The standard InChI is InChI=1S/C12H14N4O/c1-9-11(8-16(2)15-9)12(17)14-7-10-5-3-4-6-13-10/h3-6,8H,7H2,1-2H3,(H,14,17). The Hall–Kier alpha value is -2.17. The minimum atomic E-state index is -0.124. The molecule has 5 heteroatoms. The third-order valence-electron chi connectivity index (χ3n) is 2.41. The summed E-state index contributed by atoms with van der Waals surface area (Å²) >= 11 is 0. The van der Waals surface area contributed by atoms with Crippen LogP contribution >= 0.6 is 0 Å². The molecule has 0 aliphatic rings. The van der Waals surface area contributed by atoms with E-state index in [1.54, 1.807) is 24.1 Å². The van der Waals surface area contributed by atoms with Gasteiger partial charge in [0.1, 0.15) is 0 Å². The molecule has 0 bridgehead atoms. The van der Waals surface area contributed by atoms with Crippen molar-refractivity contribution in [3.8, 4) is 0 Å². The van der Waals surface area contributed by atoms with E-state index in [1.807, 2.05) is 25.1 Å². The highest BCUT2D eigenvalue weighted by Gasteiger charge is 2.11. The SMILES string of the molecule is Cc1nn(C)cc1C(=O)NCc1ccccn1. The highest BCUT2D eigenvalue weighted by molar-refractivity contribution is 5.94. The molecule has 0 saturated heterocycles. The lowest BCUT2D eigenvalue weighted by atomic mass is 10.2. The summed E-state index contributed by atoms with van der Waals surface area (Å²) < 4.78 is 1.63. The summed E-state index contributed by atoms with van der Waals surface area (Å²) in [6.45, 7) is 2.24. The third-order valence-corrected chi connectivity index (χ3v) is 2.41. The average Bonchev–Trinajstić information content (AvgIpc) is 2.67. The Morgan fingerprint density at radius 3 is 2.88 bits per heavy atom. The van der Waals surface area contributed by atoms with Gasteiger partial charge in [-0.3, -0.25) is 14.5 Å². The second-order valence-corrected chi connectivity index (χ2v) is 3.81. The van der Waals surface area contributed by atoms with E-state index in [0.29, 0.717) is 12.1 Å². The molecular weight excluding hydrogens is 216 g/mol. The zero-order valence-electron chi connectivity index (χ0n) is 9.84. The molecule has 0 aromatic carbocycles. The number of aryl methyl sites for hydroxylation is 2. The summed E-state index contributed by atoms with van der Waals surface area (Å²) in [6, 6.07) is 5.61. The smallest absolute Gasteiger partial charge is 0.255 e. The molecule has 1 amide bonds. The zero-order valence-corrected chi connectivity index (χ0v) is 9.84. The first-order chi connectivity index (χ1) is 8.16. The van der Waals surface area contributed by atoms with Gasteiger partial charge in [0, 0.05) is 19.4 Å². The minimum Gasteiger partial charge on any atom is -0.346 e. The van der Waals surface area contributed by atoms with E-state index in [9.17, 15) is 4.79 Å². The molecule has 0 aliphatic carbocycles. The van der Waals surface area contributed by atoms with Crippen LogP contribution in [0.5, 0.6) is 0 Å². The van der Waals surface area contributed by atoms with Gasteiger partial charge in [0.2, 0.25) is 0 Å². The van der Waals surface area contributed by atoms with Gasteiger partial charge in [-0.2, -0.15) is 5.10 Å². The van der Waals surface area contributed by atoms with Crippen LogP contribution in [0.3, 0.4) is 0 Å². The number of hydrogen-bond donors (Lipinski definition) is 1. The molecule has 2 rings (SSSR count). The summed E-state index contributed by atoms with van der Waals surface area (Å²) in [4.78, 5) is 16.0. The summed E-state index contributed by atoms with van der Waals surface area (Å²) in [5.41, 5.74) is 2.16. The fourth-order valence-corrected chi connectivity index (χ4v) is 1.59. The zero-order chi connectivity index (χ0) is 12.3. The van der Waals surface area contributed by atoms with Crippen molar-refractivity contribution in [1.29, 1.82) is 0 Å². The highest BCUT2D eigenvalue weighted by Crippen LogP contribution is 2.04. The van der Waals surface area contributed by atoms with Crippen LogP contribution < -0.4 is 5.32 Å². The molecule has 5 nitrogen and oxygen atoms in total. The fourth-order valence-electron chi connectivity index (χ4n) is 1.59. The molecule has 0 radical (unpaired) electrons. The molecule has 0 unspecified atom stereocenters. The molecule has 88 valence electrons. The van der Waals surface area contributed by atoms with Gasteiger partial charge in [-0.1, -0.05) is 6.07 Å². The van der Waals surface area contributed by atoms with Crippen molar-refractivity contribution in [2.45, 2.75) is 13.5 Å². The molecule has 0 spiro atoms. The molecular formula is C12H14N4O. The van der Waals surface area contributed by atoms with Gasteiger partial charge in [-0.25, -0.2) is 0 Å². The highest BCUT2D eigenvalue weighted by atomic mass is 16.1. The van der Waals surface area contributed by atoms with E-state index in [2.05, 4.69) is 15.4 Å². The quantitative estimate of drug-likeness (QED) is 0.857. The Kier molecular flexibility index (Phi) is 3.18. The maximum atomic E-state index is 11.9. The molecule has 1 N–H and O–H groups in total. The minimum absolute atomic E-state index is 0.124. The van der Waals surface area contributed by atoms with E-state index in [4.69, 9.17) is 0 Å². The number of pyridine rings is 1. The maximum Gasteiger partial charge on any atom is 0.255 e. The first-order valence-corrected chi connectivity index (χ1v) is 5.35. The number of nitrogens with one attached hydrogen (secondary N) is 1. The van der Waals surface area contributed by atoms with E-state index in [1.165, 1.54) is 0 Å². The van der Waals surface area contributed by atoms with Gasteiger partial charge < -0.3 is 5.32 Å². The summed E-state index contributed by atoms with van der Waals surface area (Å²) in [7, 11) is 1.79. The molecule has 2 aromatic rings. The van der Waals surface area contributed by atoms with Crippen molar-refractivity contribution in [2.75, 3.05) is 0 Å². The first-order valence-electron chi connectivity index (χ1n) is 5.35. The van der Waals surface area contributed by atoms with E-state index < -0.39 is 0 Å². The van der Waals surface area contributed by atoms with Gasteiger partial charge in [0.05, 0.1) is 23.5 Å². The number of carbonyl (C=O) groups is 1. The summed E-state index contributed by atoms with van der Waals surface area (Å²) in [5.74, 6) is -0.124. The maximum absolute atomic E-state index is 11.9. The lowest BCUT2D eigenvalue weighted by molar-refractivity contribution is 0.0949. The van der Waals surface area contributed by atoms with Crippen molar-refractivity contribution in [2.24, 2.45) is 7.05 Å². The molecule has 0 atom stereocenters. The topological polar surface area (TPSA) is 59.8 Å². The number of hydrogen-bond acceptors (Lipinski definition) is 3. The van der Waals surface area contributed by atoms with Crippen molar-refractivity contribution in [3.63, 3.8) is 0 Å². The number of aromatic nitrogens is 3. The van der Waals surface area contributed by atoms with Crippen LogP contribution in [0.4, 0.5) is 0 Å². The van der Waals surface area contributed by atoms with Crippen LogP contribution in [0.1, 0.15) is 21.7 Å². The van der Waals surface area contributed by atoms with Crippen LogP contribution in [-0.2, 0) is 13.6 Å². The molecule has 0 aliphatic heterocycles. The van der Waals surface area contributed by atoms with Crippen molar-refractivity contribution in [1.82, 2.24) is 20.1 Å². The lowest BCUT2D eigenvalue weighted by Crippen LogP contribution is -2.23. The summed E-state index contributed by atoms with van der Waals surface area (Å²) in [6.07, 6.45) is 3.42. The Balaban J connectivity index is 2.01. The van der Waals surface area contributed by atoms with E-state index in [0.717, 1.165) is 11.4 Å². The van der Waals surface area contributed by atoms with Gasteiger partial charge in [-0.15, -0.1) is 0 Å². The number of rotatable bonds is 3. The van der Waals surface area contributed by atoms with Crippen LogP contribution in [0.25, 0.3) is 0 Å². The van der Waals surface area contributed by atoms with Crippen LogP contribution in [0, 0.1) is 6.92 Å². The fraction of sp³-hybridized carbons (Fsp3) is 0.250. The van der Waals surface area contributed by atoms with Gasteiger partial charge in [0.15, 0.2) is 0 Å². The van der Waals surface area contributed by atoms with Gasteiger partial charge >= 0.3 is 0 Å². The predicted octanol–water partition coefficient (Wildman–Crippen LogP) is 1.05. The Labute approximate surface area is 99.5 Å². The summed E-state index contributed by atoms with van der Waals surface area (Å²) in [5, 5.41) is 6.94. The average molecular weight is 230 g/mol. The second kappa shape index (κ2) is 4.78. The Morgan fingerprint density at radius 2 is 2.29 bits per heavy atom. The van der Waals surface area contributed by atoms with E-state index in [-0.39, 0.29) is 5.91 Å². The third kappa shape index (κ3) is 2.69. The molecule has 2 aromatic heterocycles. The molecule has 0 fully saturated rings. The number of amides is 1. The van der Waals surface area contributed by atoms with Crippen LogP contribution in [0.15, 0.2) is 30.6 Å². The molecule has 0 saturated carbocycles. The monoisotopic (exact) mass is 230 g/mol. The predicted molar refractivity (Wildman–Crippen MR) is 63.4 cm³/mol. The molecule has 2 heterocycles. The Morgan fingerprint density at radius 1 is 1.47 bits per heavy atom. The van der Waals surface area contributed by atoms with E-state index >= 15 is 0 Å². The van der Waals surface area contributed by atoms with Gasteiger partial charge in [-0.05, 0) is 19.1 Å². The van der Waals surface area contributed by atoms with Crippen molar-refractivity contribution < 1.29 is 4.79 Å². The van der Waals surface area contributed by atoms with Crippen LogP contribution in [0.2, 0.25) is 0 Å². The Bertz CT molecular complexity index is 519. The van der Waals surface area contributed by atoms with Crippen molar-refractivity contribution in [3.05, 3.63) is 47.5 Å². The van der Waals surface area contributed by atoms with Crippen LogP contribution in [-0.4, -0.2) is 20.7 Å². The first kappa shape index (κ1) is 11.3. The normalized spacial score (nSPS) is 10.2. The number of carbonyl (C=O) groups excluding carboxylic acids is 1. The largest absolute Gasteiger partial charge is 0.346 e. The molecule has 17 heavy (non-hydrogen) atoms.